The molecular weight excluding hydrogens is 268 g/mol. The number of hydrogen-bond acceptors (Lipinski definition) is 4. The van der Waals surface area contributed by atoms with E-state index in [-0.39, 0.29) is 24.1 Å². The quantitative estimate of drug-likeness (QED) is 0.479. The maximum atomic E-state index is 7.33. The van der Waals surface area contributed by atoms with Crippen molar-refractivity contribution < 1.29 is 14.2 Å². The lowest BCUT2D eigenvalue weighted by Gasteiger charge is -2.31. The fourth-order valence-corrected chi connectivity index (χ4v) is 2.59. The zero-order chi connectivity index (χ0) is 15.2. The molecule has 1 aliphatic heterocycles. The Hall–Kier alpha value is -1.59. The fraction of sp³-hybridized carbons (Fsp3) is 0.562. The number of rotatable bonds is 6. The van der Waals surface area contributed by atoms with Crippen molar-refractivity contribution in [2.75, 3.05) is 13.2 Å². The molecule has 0 aromatic heterocycles. The van der Waals surface area contributed by atoms with Crippen molar-refractivity contribution in [2.45, 2.75) is 45.0 Å². The van der Waals surface area contributed by atoms with Gasteiger partial charge in [0.1, 0.15) is 18.2 Å². The average molecular weight is 292 g/mol. The average Bonchev–Trinajstić information content (AvgIpc) is 2.43. The predicted molar refractivity (Wildman–Crippen MR) is 81.9 cm³/mol. The molecule has 1 aromatic rings. The minimum Gasteiger partial charge on any atom is -0.491 e. The molecule has 116 valence electrons. The third kappa shape index (κ3) is 5.02. The van der Waals surface area contributed by atoms with Crippen LogP contribution in [0.2, 0.25) is 0 Å². The summed E-state index contributed by atoms with van der Waals surface area (Å²) in [7, 11) is 0. The standard InChI is InChI=1S/C16H24N2O3/c1-11-9-15(10-12(2)21-11)20-8-7-19-14-5-3-13(4-6-14)16(17)18/h3-6,11-12,15H,7-10H2,1-2H3,(H3,17,18). The van der Waals surface area contributed by atoms with Gasteiger partial charge >= 0.3 is 0 Å². The van der Waals surface area contributed by atoms with Crippen molar-refractivity contribution in [1.29, 1.82) is 5.41 Å². The van der Waals surface area contributed by atoms with Crippen LogP contribution in [-0.2, 0) is 9.47 Å². The van der Waals surface area contributed by atoms with E-state index >= 15 is 0 Å². The molecule has 3 N–H and O–H groups in total. The molecule has 0 aliphatic carbocycles. The van der Waals surface area contributed by atoms with Gasteiger partial charge in [-0.2, -0.15) is 0 Å². The minimum atomic E-state index is 0.0626. The maximum Gasteiger partial charge on any atom is 0.122 e. The van der Waals surface area contributed by atoms with Crippen molar-refractivity contribution in [3.8, 4) is 5.75 Å². The second-order valence-corrected chi connectivity index (χ2v) is 5.51. The summed E-state index contributed by atoms with van der Waals surface area (Å²) in [5.41, 5.74) is 6.10. The normalized spacial score (nSPS) is 25.5. The summed E-state index contributed by atoms with van der Waals surface area (Å²) >= 11 is 0. The topological polar surface area (TPSA) is 77.6 Å². The monoisotopic (exact) mass is 292 g/mol. The first-order valence-corrected chi connectivity index (χ1v) is 7.39. The van der Waals surface area contributed by atoms with Gasteiger partial charge in [-0.15, -0.1) is 0 Å². The smallest absolute Gasteiger partial charge is 0.122 e. The molecule has 1 saturated heterocycles. The highest BCUT2D eigenvalue weighted by Crippen LogP contribution is 2.21. The summed E-state index contributed by atoms with van der Waals surface area (Å²) in [5, 5.41) is 7.33. The van der Waals surface area contributed by atoms with Gasteiger partial charge in [-0.25, -0.2) is 0 Å². The molecule has 2 atom stereocenters. The highest BCUT2D eigenvalue weighted by atomic mass is 16.5. The van der Waals surface area contributed by atoms with Crippen molar-refractivity contribution in [2.24, 2.45) is 5.73 Å². The zero-order valence-corrected chi connectivity index (χ0v) is 12.7. The minimum absolute atomic E-state index is 0.0626. The van der Waals surface area contributed by atoms with Gasteiger partial charge in [0, 0.05) is 5.56 Å². The second kappa shape index (κ2) is 7.43. The van der Waals surface area contributed by atoms with Crippen molar-refractivity contribution >= 4 is 5.84 Å². The largest absolute Gasteiger partial charge is 0.491 e. The molecule has 1 fully saturated rings. The van der Waals surface area contributed by atoms with Crippen LogP contribution < -0.4 is 10.5 Å². The van der Waals surface area contributed by atoms with Crippen LogP contribution in [0.1, 0.15) is 32.3 Å². The van der Waals surface area contributed by atoms with Crippen LogP contribution in [0.25, 0.3) is 0 Å². The third-order valence-electron chi connectivity index (χ3n) is 3.53. The van der Waals surface area contributed by atoms with E-state index < -0.39 is 0 Å². The summed E-state index contributed by atoms with van der Waals surface area (Å²) in [5.74, 6) is 0.824. The van der Waals surface area contributed by atoms with Crippen LogP contribution in [0.15, 0.2) is 24.3 Å². The molecule has 5 nitrogen and oxygen atoms in total. The molecule has 2 rings (SSSR count). The van der Waals surface area contributed by atoms with Crippen molar-refractivity contribution in [3.63, 3.8) is 0 Å². The summed E-state index contributed by atoms with van der Waals surface area (Å²) < 4.78 is 17.1. The van der Waals surface area contributed by atoms with Gasteiger partial charge in [0.25, 0.3) is 0 Å². The Bertz CT molecular complexity index is 451. The zero-order valence-electron chi connectivity index (χ0n) is 12.7. The summed E-state index contributed by atoms with van der Waals surface area (Å²) in [6.45, 7) is 5.25. The van der Waals surface area contributed by atoms with Gasteiger partial charge in [-0.1, -0.05) is 0 Å². The second-order valence-electron chi connectivity index (χ2n) is 5.51. The van der Waals surface area contributed by atoms with E-state index in [1.165, 1.54) is 0 Å². The molecular formula is C16H24N2O3. The van der Waals surface area contributed by atoms with E-state index in [2.05, 4.69) is 13.8 Å². The van der Waals surface area contributed by atoms with Gasteiger partial charge < -0.3 is 19.9 Å². The van der Waals surface area contributed by atoms with E-state index in [9.17, 15) is 0 Å². The highest BCUT2D eigenvalue weighted by Gasteiger charge is 2.24. The Morgan fingerprint density at radius 3 is 2.38 bits per heavy atom. The van der Waals surface area contributed by atoms with Gasteiger partial charge in [-0.05, 0) is 51.0 Å². The predicted octanol–water partition coefficient (Wildman–Crippen LogP) is 2.32. The number of hydrogen-bond donors (Lipinski definition) is 2. The van der Waals surface area contributed by atoms with E-state index in [1.54, 1.807) is 12.1 Å². The number of amidine groups is 1. The molecule has 0 amide bonds. The molecule has 1 aliphatic rings. The SMILES string of the molecule is CC1CC(OCCOc2ccc(C(=N)N)cc2)CC(C)O1. The molecule has 5 heteroatoms. The molecule has 1 aromatic carbocycles. The van der Waals surface area contributed by atoms with Crippen LogP contribution in [0.3, 0.4) is 0 Å². The number of nitrogens with one attached hydrogen (secondary N) is 1. The summed E-state index contributed by atoms with van der Waals surface area (Å²) in [4.78, 5) is 0. The Balaban J connectivity index is 1.68. The molecule has 0 radical (unpaired) electrons. The van der Waals surface area contributed by atoms with E-state index in [0.29, 0.717) is 18.8 Å². The number of benzene rings is 1. The molecule has 2 unspecified atom stereocenters. The van der Waals surface area contributed by atoms with Gasteiger partial charge in [0.2, 0.25) is 0 Å². The van der Waals surface area contributed by atoms with E-state index in [4.69, 9.17) is 25.4 Å². The first-order valence-electron chi connectivity index (χ1n) is 7.39. The lowest BCUT2D eigenvalue weighted by Crippen LogP contribution is -2.34. The van der Waals surface area contributed by atoms with Crippen LogP contribution in [0.4, 0.5) is 0 Å². The van der Waals surface area contributed by atoms with E-state index in [0.717, 1.165) is 18.6 Å². The first-order chi connectivity index (χ1) is 10.0. The lowest BCUT2D eigenvalue weighted by molar-refractivity contribution is -0.104. The Morgan fingerprint density at radius 1 is 1.19 bits per heavy atom. The molecule has 0 spiro atoms. The van der Waals surface area contributed by atoms with Crippen LogP contribution in [0.5, 0.6) is 5.75 Å². The van der Waals surface area contributed by atoms with Crippen LogP contribution in [0, 0.1) is 5.41 Å². The van der Waals surface area contributed by atoms with Gasteiger partial charge in [0.15, 0.2) is 0 Å². The number of nitrogen functional groups attached to an aromatic ring is 1. The molecule has 0 bridgehead atoms. The highest BCUT2D eigenvalue weighted by molar-refractivity contribution is 5.94. The molecule has 0 saturated carbocycles. The summed E-state index contributed by atoms with van der Waals surface area (Å²) in [6, 6.07) is 7.19. The number of ether oxygens (including phenoxy) is 3. The van der Waals surface area contributed by atoms with E-state index in [1.807, 2.05) is 12.1 Å². The van der Waals surface area contributed by atoms with Crippen molar-refractivity contribution in [1.82, 2.24) is 0 Å². The van der Waals surface area contributed by atoms with Crippen LogP contribution in [-0.4, -0.2) is 37.4 Å². The first kappa shape index (κ1) is 15.8. The van der Waals surface area contributed by atoms with Crippen LogP contribution >= 0.6 is 0 Å². The number of nitrogens with two attached hydrogens (primary N) is 1. The summed E-state index contributed by atoms with van der Waals surface area (Å²) in [6.07, 6.45) is 2.67. The molecule has 1 heterocycles. The Morgan fingerprint density at radius 2 is 1.81 bits per heavy atom. The van der Waals surface area contributed by atoms with Gasteiger partial charge in [-0.3, -0.25) is 5.41 Å². The lowest BCUT2D eigenvalue weighted by atomic mass is 10.0. The maximum absolute atomic E-state index is 7.33. The van der Waals surface area contributed by atoms with Crippen molar-refractivity contribution in [3.05, 3.63) is 29.8 Å². The fourth-order valence-electron chi connectivity index (χ4n) is 2.59. The van der Waals surface area contributed by atoms with Gasteiger partial charge in [0.05, 0.1) is 24.9 Å². The third-order valence-corrected chi connectivity index (χ3v) is 3.53. The Labute approximate surface area is 125 Å². The Kier molecular flexibility index (Phi) is 5.59. The molecule has 21 heavy (non-hydrogen) atoms.